The van der Waals surface area contributed by atoms with Gasteiger partial charge in [0.15, 0.2) is 0 Å². The number of thioether (sulfide) groups is 1. The van der Waals surface area contributed by atoms with E-state index in [0.717, 1.165) is 12.1 Å². The molecule has 0 saturated carbocycles. The standard InChI is InChI=1S/C15H21N3O2S/c1-15(2)9-17-14(21-15)12(13(16)20)18-11(19)8-10-6-4-3-5-7-10/h3-7,12,14,17H,8-9H2,1-2H3,(H2,16,20)(H,18,19). The predicted molar refractivity (Wildman–Crippen MR) is 84.7 cm³/mol. The Kier molecular flexibility index (Phi) is 4.90. The minimum Gasteiger partial charge on any atom is -0.368 e. The summed E-state index contributed by atoms with van der Waals surface area (Å²) in [6.07, 6.45) is 0.241. The van der Waals surface area contributed by atoms with Crippen molar-refractivity contribution >= 4 is 23.6 Å². The number of hydrogen-bond acceptors (Lipinski definition) is 4. The topological polar surface area (TPSA) is 84.2 Å². The van der Waals surface area contributed by atoms with Gasteiger partial charge in [0.1, 0.15) is 6.04 Å². The van der Waals surface area contributed by atoms with Gasteiger partial charge in [0, 0.05) is 11.3 Å². The van der Waals surface area contributed by atoms with Crippen LogP contribution in [0.5, 0.6) is 0 Å². The monoisotopic (exact) mass is 307 g/mol. The first-order valence-electron chi connectivity index (χ1n) is 6.91. The Morgan fingerprint density at radius 2 is 2.10 bits per heavy atom. The Labute approximate surface area is 129 Å². The maximum absolute atomic E-state index is 12.1. The van der Waals surface area contributed by atoms with E-state index >= 15 is 0 Å². The lowest BCUT2D eigenvalue weighted by Gasteiger charge is -2.23. The predicted octanol–water partition coefficient (Wildman–Crippen LogP) is 0.640. The number of benzene rings is 1. The molecule has 6 heteroatoms. The van der Waals surface area contributed by atoms with Gasteiger partial charge in [-0.25, -0.2) is 0 Å². The van der Waals surface area contributed by atoms with Crippen molar-refractivity contribution in [3.8, 4) is 0 Å². The highest BCUT2D eigenvalue weighted by Crippen LogP contribution is 2.34. The molecule has 0 aliphatic carbocycles. The fraction of sp³-hybridized carbons (Fsp3) is 0.467. The molecular weight excluding hydrogens is 286 g/mol. The fourth-order valence-electron chi connectivity index (χ4n) is 2.26. The van der Waals surface area contributed by atoms with Crippen LogP contribution in [-0.4, -0.2) is 34.5 Å². The lowest BCUT2D eigenvalue weighted by atomic mass is 10.1. The summed E-state index contributed by atoms with van der Waals surface area (Å²) >= 11 is 1.63. The van der Waals surface area contributed by atoms with Crippen molar-refractivity contribution in [1.82, 2.24) is 10.6 Å². The number of primary amides is 1. The molecule has 0 spiro atoms. The van der Waals surface area contributed by atoms with Crippen molar-refractivity contribution < 1.29 is 9.59 Å². The minimum absolute atomic E-state index is 0.0303. The van der Waals surface area contributed by atoms with E-state index in [2.05, 4.69) is 24.5 Å². The van der Waals surface area contributed by atoms with Gasteiger partial charge in [-0.05, 0) is 19.4 Å². The number of nitrogens with one attached hydrogen (secondary N) is 2. The molecule has 0 radical (unpaired) electrons. The van der Waals surface area contributed by atoms with E-state index < -0.39 is 11.9 Å². The van der Waals surface area contributed by atoms with Crippen LogP contribution >= 0.6 is 11.8 Å². The Hall–Kier alpha value is -1.53. The van der Waals surface area contributed by atoms with Crippen molar-refractivity contribution in [2.45, 2.75) is 36.4 Å². The molecule has 2 rings (SSSR count). The molecule has 1 saturated heterocycles. The summed E-state index contributed by atoms with van der Waals surface area (Å²) in [5, 5.41) is 5.81. The van der Waals surface area contributed by atoms with E-state index in [1.165, 1.54) is 0 Å². The van der Waals surface area contributed by atoms with Crippen LogP contribution in [0.1, 0.15) is 19.4 Å². The van der Waals surface area contributed by atoms with Gasteiger partial charge in [0.05, 0.1) is 11.8 Å². The molecule has 5 nitrogen and oxygen atoms in total. The van der Waals surface area contributed by atoms with Gasteiger partial charge in [-0.2, -0.15) is 0 Å². The first-order chi connectivity index (χ1) is 9.87. The van der Waals surface area contributed by atoms with Gasteiger partial charge in [-0.15, -0.1) is 11.8 Å². The Bertz CT molecular complexity index is 519. The van der Waals surface area contributed by atoms with E-state index in [9.17, 15) is 9.59 Å². The molecule has 4 N–H and O–H groups in total. The molecule has 2 amide bonds. The fourth-order valence-corrected chi connectivity index (χ4v) is 3.62. The zero-order chi connectivity index (χ0) is 15.5. The Balaban J connectivity index is 1.97. The van der Waals surface area contributed by atoms with Gasteiger partial charge < -0.3 is 16.4 Å². The first-order valence-corrected chi connectivity index (χ1v) is 7.79. The summed E-state index contributed by atoms with van der Waals surface area (Å²) in [7, 11) is 0. The second-order valence-corrected chi connectivity index (χ2v) is 7.64. The highest BCUT2D eigenvalue weighted by Gasteiger charge is 2.38. The van der Waals surface area contributed by atoms with E-state index in [-0.39, 0.29) is 22.4 Å². The second-order valence-electron chi connectivity index (χ2n) is 5.79. The van der Waals surface area contributed by atoms with Crippen LogP contribution < -0.4 is 16.4 Å². The average molecular weight is 307 g/mol. The molecule has 2 unspecified atom stereocenters. The number of nitrogens with two attached hydrogens (primary N) is 1. The number of rotatable bonds is 5. The highest BCUT2D eigenvalue weighted by atomic mass is 32.2. The molecule has 21 heavy (non-hydrogen) atoms. The van der Waals surface area contributed by atoms with Gasteiger partial charge in [-0.3, -0.25) is 9.59 Å². The molecule has 2 atom stereocenters. The lowest BCUT2D eigenvalue weighted by Crippen LogP contribution is -2.54. The third-order valence-electron chi connectivity index (χ3n) is 3.31. The summed E-state index contributed by atoms with van der Waals surface area (Å²) in [6, 6.07) is 8.72. The zero-order valence-corrected chi connectivity index (χ0v) is 13.1. The number of carbonyl (C=O) groups excluding carboxylic acids is 2. The normalized spacial score (nSPS) is 21.7. The Morgan fingerprint density at radius 1 is 1.43 bits per heavy atom. The summed E-state index contributed by atoms with van der Waals surface area (Å²) in [6.45, 7) is 4.96. The summed E-state index contributed by atoms with van der Waals surface area (Å²) in [5.41, 5.74) is 6.35. The Morgan fingerprint density at radius 3 is 2.62 bits per heavy atom. The van der Waals surface area contributed by atoms with Gasteiger partial charge in [0.2, 0.25) is 11.8 Å². The van der Waals surface area contributed by atoms with Crippen molar-refractivity contribution in [3.63, 3.8) is 0 Å². The quantitative estimate of drug-likeness (QED) is 0.745. The zero-order valence-electron chi connectivity index (χ0n) is 12.3. The first kappa shape index (κ1) is 15.9. The molecular formula is C15H21N3O2S. The summed E-state index contributed by atoms with van der Waals surface area (Å²) in [4.78, 5) is 23.7. The smallest absolute Gasteiger partial charge is 0.242 e. The molecule has 1 aliphatic heterocycles. The molecule has 1 fully saturated rings. The van der Waals surface area contributed by atoms with Crippen LogP contribution in [0.4, 0.5) is 0 Å². The average Bonchev–Trinajstić information content (AvgIpc) is 2.77. The number of carbonyl (C=O) groups is 2. The maximum Gasteiger partial charge on any atom is 0.242 e. The molecule has 0 aromatic heterocycles. The van der Waals surface area contributed by atoms with Crippen LogP contribution in [0.3, 0.4) is 0 Å². The highest BCUT2D eigenvalue weighted by molar-refractivity contribution is 8.01. The van der Waals surface area contributed by atoms with Crippen molar-refractivity contribution in [1.29, 1.82) is 0 Å². The maximum atomic E-state index is 12.1. The van der Waals surface area contributed by atoms with Crippen molar-refractivity contribution in [2.24, 2.45) is 5.73 Å². The molecule has 114 valence electrons. The van der Waals surface area contributed by atoms with Crippen LogP contribution in [-0.2, 0) is 16.0 Å². The second kappa shape index (κ2) is 6.49. The van der Waals surface area contributed by atoms with Crippen molar-refractivity contribution in [3.05, 3.63) is 35.9 Å². The third kappa shape index (κ3) is 4.47. The number of amides is 2. The SMILES string of the molecule is CC1(C)CNC(C(NC(=O)Cc2ccccc2)C(N)=O)S1. The minimum atomic E-state index is -0.701. The third-order valence-corrected chi connectivity index (χ3v) is 4.78. The van der Waals surface area contributed by atoms with Gasteiger partial charge in [-0.1, -0.05) is 30.3 Å². The number of hydrogen-bond donors (Lipinski definition) is 3. The van der Waals surface area contributed by atoms with Gasteiger partial charge >= 0.3 is 0 Å². The van der Waals surface area contributed by atoms with E-state index in [1.807, 2.05) is 30.3 Å². The van der Waals surface area contributed by atoms with Crippen molar-refractivity contribution in [2.75, 3.05) is 6.54 Å². The van der Waals surface area contributed by atoms with Crippen LogP contribution in [0.2, 0.25) is 0 Å². The van der Waals surface area contributed by atoms with E-state index in [4.69, 9.17) is 5.73 Å². The largest absolute Gasteiger partial charge is 0.368 e. The molecule has 1 aromatic rings. The molecule has 1 aliphatic rings. The molecule has 1 aromatic carbocycles. The summed E-state index contributed by atoms with van der Waals surface area (Å²) in [5.74, 6) is -0.712. The van der Waals surface area contributed by atoms with E-state index in [1.54, 1.807) is 11.8 Å². The molecule has 1 heterocycles. The summed E-state index contributed by atoms with van der Waals surface area (Å²) < 4.78 is 0.0303. The van der Waals surface area contributed by atoms with Crippen LogP contribution in [0, 0.1) is 0 Å². The van der Waals surface area contributed by atoms with E-state index in [0.29, 0.717) is 0 Å². The lowest BCUT2D eigenvalue weighted by molar-refractivity contribution is -0.127. The van der Waals surface area contributed by atoms with Crippen LogP contribution in [0.25, 0.3) is 0 Å². The van der Waals surface area contributed by atoms with Crippen LogP contribution in [0.15, 0.2) is 30.3 Å². The van der Waals surface area contributed by atoms with Gasteiger partial charge in [0.25, 0.3) is 0 Å². The molecule has 0 bridgehead atoms.